The number of benzene rings is 2. The number of amides is 2. The Morgan fingerprint density at radius 2 is 1.91 bits per heavy atom. The molecule has 1 aromatic heterocycles. The number of rotatable bonds is 8. The third-order valence-corrected chi connectivity index (χ3v) is 6.70. The Balaban J connectivity index is 1.19. The van der Waals surface area contributed by atoms with Crippen molar-refractivity contribution in [1.29, 1.82) is 0 Å². The summed E-state index contributed by atoms with van der Waals surface area (Å²) in [6.07, 6.45) is 2.32. The number of anilines is 3. The first-order chi connectivity index (χ1) is 15.6. The van der Waals surface area contributed by atoms with Crippen LogP contribution in [0.4, 0.5) is 16.5 Å². The molecule has 1 saturated carbocycles. The first-order valence-corrected chi connectivity index (χ1v) is 11.8. The summed E-state index contributed by atoms with van der Waals surface area (Å²) in [6.45, 7) is 0.162. The van der Waals surface area contributed by atoms with E-state index in [2.05, 4.69) is 26.1 Å². The fraction of sp³-hybridized carbons (Fsp3) is 0.238. The Morgan fingerprint density at radius 3 is 2.78 bits per heavy atom. The zero-order chi connectivity index (χ0) is 21.9. The number of nitrogens with one attached hydrogen (secondary N) is 3. The fourth-order valence-corrected chi connectivity index (χ4v) is 4.63. The molecule has 0 saturated heterocycles. The van der Waals surface area contributed by atoms with Crippen LogP contribution in [0.15, 0.2) is 46.8 Å². The van der Waals surface area contributed by atoms with Crippen LogP contribution in [0, 0.1) is 0 Å². The molecule has 5 rings (SSSR count). The van der Waals surface area contributed by atoms with Gasteiger partial charge >= 0.3 is 0 Å². The van der Waals surface area contributed by atoms with Gasteiger partial charge in [-0.05, 0) is 37.1 Å². The summed E-state index contributed by atoms with van der Waals surface area (Å²) >= 11 is 2.74. The minimum atomic E-state index is -0.340. The summed E-state index contributed by atoms with van der Waals surface area (Å²) in [4.78, 5) is 25.3. The van der Waals surface area contributed by atoms with Crippen LogP contribution in [0.25, 0.3) is 0 Å². The van der Waals surface area contributed by atoms with Gasteiger partial charge in [-0.3, -0.25) is 9.59 Å². The molecule has 2 aromatic carbocycles. The van der Waals surface area contributed by atoms with E-state index in [4.69, 9.17) is 9.47 Å². The van der Waals surface area contributed by atoms with E-state index in [1.54, 1.807) is 42.5 Å². The molecular formula is C21H19N5O4S2. The van der Waals surface area contributed by atoms with E-state index in [1.165, 1.54) is 23.1 Å². The molecular weight excluding hydrogens is 450 g/mol. The van der Waals surface area contributed by atoms with E-state index >= 15 is 0 Å². The third kappa shape index (κ3) is 4.94. The second kappa shape index (κ2) is 9.05. The normalized spacial score (nSPS) is 14.1. The molecule has 0 unspecified atom stereocenters. The van der Waals surface area contributed by atoms with Gasteiger partial charge in [0, 0.05) is 17.8 Å². The summed E-state index contributed by atoms with van der Waals surface area (Å²) in [7, 11) is 0. The van der Waals surface area contributed by atoms with E-state index in [0.717, 1.165) is 22.3 Å². The molecule has 32 heavy (non-hydrogen) atoms. The monoisotopic (exact) mass is 469 g/mol. The standard InChI is InChI=1S/C21H19N5O4S2/c27-18(10-31-21-26-25-20(32-21)23-12-5-6-12)24-15-4-2-1-3-14(15)19(28)22-13-7-8-16-17(9-13)30-11-29-16/h1-4,7-9,12H,5-6,10-11H2,(H,22,28)(H,23,25)(H,24,27). The number of aromatic nitrogens is 2. The van der Waals surface area contributed by atoms with Crippen LogP contribution in [-0.2, 0) is 4.79 Å². The lowest BCUT2D eigenvalue weighted by Gasteiger charge is -2.11. The molecule has 164 valence electrons. The first kappa shape index (κ1) is 20.6. The largest absolute Gasteiger partial charge is 0.454 e. The summed E-state index contributed by atoms with van der Waals surface area (Å²) in [5.74, 6) is 0.807. The van der Waals surface area contributed by atoms with Gasteiger partial charge in [0.2, 0.25) is 17.8 Å². The van der Waals surface area contributed by atoms with Crippen molar-refractivity contribution in [2.75, 3.05) is 28.5 Å². The van der Waals surface area contributed by atoms with Crippen LogP contribution in [0.1, 0.15) is 23.2 Å². The zero-order valence-corrected chi connectivity index (χ0v) is 18.4. The van der Waals surface area contributed by atoms with Crippen molar-refractivity contribution in [1.82, 2.24) is 10.2 Å². The van der Waals surface area contributed by atoms with Gasteiger partial charge < -0.3 is 25.4 Å². The topological polar surface area (TPSA) is 114 Å². The summed E-state index contributed by atoms with van der Waals surface area (Å²) in [5, 5.41) is 17.9. The summed E-state index contributed by atoms with van der Waals surface area (Å²) in [5.41, 5.74) is 1.36. The maximum Gasteiger partial charge on any atom is 0.257 e. The van der Waals surface area contributed by atoms with Crippen LogP contribution in [0.3, 0.4) is 0 Å². The van der Waals surface area contributed by atoms with Crippen LogP contribution >= 0.6 is 23.1 Å². The highest BCUT2D eigenvalue weighted by molar-refractivity contribution is 8.01. The van der Waals surface area contributed by atoms with Crippen LogP contribution in [-0.4, -0.2) is 40.6 Å². The summed E-state index contributed by atoms with van der Waals surface area (Å²) in [6, 6.07) is 12.5. The lowest BCUT2D eigenvalue weighted by atomic mass is 10.1. The highest BCUT2D eigenvalue weighted by atomic mass is 32.2. The maximum absolute atomic E-state index is 12.8. The van der Waals surface area contributed by atoms with Crippen molar-refractivity contribution in [2.24, 2.45) is 0 Å². The molecule has 1 aliphatic heterocycles. The van der Waals surface area contributed by atoms with Gasteiger partial charge in [-0.15, -0.1) is 10.2 Å². The van der Waals surface area contributed by atoms with E-state index in [-0.39, 0.29) is 24.4 Å². The number of thioether (sulfide) groups is 1. The lowest BCUT2D eigenvalue weighted by Crippen LogP contribution is -2.19. The lowest BCUT2D eigenvalue weighted by molar-refractivity contribution is -0.113. The minimum absolute atomic E-state index is 0.162. The molecule has 9 nitrogen and oxygen atoms in total. The molecule has 0 atom stereocenters. The predicted octanol–water partition coefficient (Wildman–Crippen LogP) is 3.82. The molecule has 2 heterocycles. The van der Waals surface area contributed by atoms with Crippen molar-refractivity contribution in [3.63, 3.8) is 0 Å². The van der Waals surface area contributed by atoms with E-state index in [1.807, 2.05) is 0 Å². The molecule has 11 heteroatoms. The van der Waals surface area contributed by atoms with Gasteiger partial charge in [0.05, 0.1) is 17.0 Å². The zero-order valence-electron chi connectivity index (χ0n) is 16.8. The van der Waals surface area contributed by atoms with Gasteiger partial charge in [-0.25, -0.2) is 0 Å². The van der Waals surface area contributed by atoms with Crippen molar-refractivity contribution in [3.8, 4) is 11.5 Å². The van der Waals surface area contributed by atoms with Crippen molar-refractivity contribution in [2.45, 2.75) is 23.2 Å². The molecule has 0 spiro atoms. The van der Waals surface area contributed by atoms with Crippen LogP contribution < -0.4 is 25.4 Å². The minimum Gasteiger partial charge on any atom is -0.454 e. The summed E-state index contributed by atoms with van der Waals surface area (Å²) < 4.78 is 11.3. The molecule has 1 fully saturated rings. The molecule has 1 aliphatic carbocycles. The molecule has 0 radical (unpaired) electrons. The Kier molecular flexibility index (Phi) is 5.82. The third-order valence-electron chi connectivity index (χ3n) is 4.71. The molecule has 0 bridgehead atoms. The van der Waals surface area contributed by atoms with Crippen molar-refractivity contribution < 1.29 is 19.1 Å². The Labute approximate surface area is 191 Å². The van der Waals surface area contributed by atoms with Crippen molar-refractivity contribution >= 4 is 51.4 Å². The Bertz CT molecular complexity index is 1160. The predicted molar refractivity (Wildman–Crippen MR) is 123 cm³/mol. The first-order valence-electron chi connectivity index (χ1n) is 9.97. The number of para-hydroxylation sites is 1. The number of carbonyl (C=O) groups excluding carboxylic acids is 2. The van der Waals surface area contributed by atoms with E-state index in [9.17, 15) is 9.59 Å². The van der Waals surface area contributed by atoms with Crippen LogP contribution in [0.5, 0.6) is 11.5 Å². The second-order valence-electron chi connectivity index (χ2n) is 7.20. The number of ether oxygens (including phenoxy) is 2. The van der Waals surface area contributed by atoms with E-state index < -0.39 is 0 Å². The molecule has 3 aromatic rings. The number of nitrogens with zero attached hydrogens (tertiary/aromatic N) is 2. The molecule has 3 N–H and O–H groups in total. The highest BCUT2D eigenvalue weighted by Gasteiger charge is 2.22. The van der Waals surface area contributed by atoms with Crippen molar-refractivity contribution in [3.05, 3.63) is 48.0 Å². The number of hydrogen-bond acceptors (Lipinski definition) is 9. The van der Waals surface area contributed by atoms with Gasteiger partial charge in [-0.2, -0.15) is 0 Å². The Hall–Kier alpha value is -3.31. The molecule has 2 aliphatic rings. The second-order valence-corrected chi connectivity index (χ2v) is 9.40. The smallest absolute Gasteiger partial charge is 0.257 e. The van der Waals surface area contributed by atoms with Gasteiger partial charge in [0.15, 0.2) is 15.8 Å². The highest BCUT2D eigenvalue weighted by Crippen LogP contribution is 2.34. The number of fused-ring (bicyclic) bond motifs is 1. The Morgan fingerprint density at radius 1 is 1.06 bits per heavy atom. The number of hydrogen-bond donors (Lipinski definition) is 3. The maximum atomic E-state index is 12.8. The molecule has 2 amide bonds. The van der Waals surface area contributed by atoms with E-state index in [0.29, 0.717) is 34.5 Å². The van der Waals surface area contributed by atoms with Gasteiger partial charge in [0.1, 0.15) is 0 Å². The SMILES string of the molecule is O=C(CSc1nnc(NC2CC2)s1)Nc1ccccc1C(=O)Nc1ccc2c(c1)OCO2. The van der Waals surface area contributed by atoms with Crippen LogP contribution in [0.2, 0.25) is 0 Å². The average Bonchev–Trinajstić information content (AvgIpc) is 3.29. The number of carbonyl (C=O) groups is 2. The fourth-order valence-electron chi connectivity index (χ4n) is 3.01. The van der Waals surface area contributed by atoms with Gasteiger partial charge in [-0.1, -0.05) is 35.2 Å². The van der Waals surface area contributed by atoms with Gasteiger partial charge in [0.25, 0.3) is 5.91 Å². The average molecular weight is 470 g/mol. The quantitative estimate of drug-likeness (QED) is 0.427.